The highest BCUT2D eigenvalue weighted by Crippen LogP contribution is 2.12. The van der Waals surface area contributed by atoms with Crippen LogP contribution in [0.15, 0.2) is 12.2 Å². The summed E-state index contributed by atoms with van der Waals surface area (Å²) in [5.74, 6) is -0.286. The molecule has 0 aromatic rings. The molecule has 0 saturated carbocycles. The third-order valence-corrected chi connectivity index (χ3v) is 4.94. The molecule has 0 heterocycles. The fraction of sp³-hybridized carbons (Fsp3) is 0.875. The Bertz CT molecular complexity index is 337. The Balaban J connectivity index is 3.14. The normalized spacial score (nSPS) is 12.6. The van der Waals surface area contributed by atoms with Gasteiger partial charge in [-0.15, -0.1) is 0 Å². The molecule has 0 aromatic carbocycles. The van der Waals surface area contributed by atoms with E-state index in [0.717, 1.165) is 12.8 Å². The van der Waals surface area contributed by atoms with Gasteiger partial charge in [-0.25, -0.2) is 0 Å². The Morgan fingerprint density at radius 2 is 1.15 bits per heavy atom. The van der Waals surface area contributed by atoms with E-state index in [1.807, 2.05) is 0 Å². The second-order valence-electron chi connectivity index (χ2n) is 7.84. The van der Waals surface area contributed by atoms with Gasteiger partial charge in [-0.1, -0.05) is 96.1 Å². The van der Waals surface area contributed by atoms with Gasteiger partial charge in [0.05, 0.1) is 0 Å². The molecule has 0 aliphatic rings. The lowest BCUT2D eigenvalue weighted by Gasteiger charge is -2.06. The Kier molecular flexibility index (Phi) is 20.8. The molecule has 3 heteroatoms. The molecule has 0 aliphatic heterocycles. The monoisotopic (exact) mass is 382 g/mol. The first-order valence-corrected chi connectivity index (χ1v) is 11.7. The summed E-state index contributed by atoms with van der Waals surface area (Å²) in [5.41, 5.74) is 0. The first-order chi connectivity index (χ1) is 13.2. The number of carbonyl (C=O) groups excluding carboxylic acids is 1. The maximum Gasteiger partial charge on any atom is 0.308 e. The van der Waals surface area contributed by atoms with Crippen LogP contribution in [-0.2, 0) is 9.53 Å². The van der Waals surface area contributed by atoms with Crippen molar-refractivity contribution in [2.75, 3.05) is 0 Å². The molecule has 160 valence electrons. The quantitative estimate of drug-likeness (QED) is 0.103. The summed E-state index contributed by atoms with van der Waals surface area (Å²) in [4.78, 5) is 11.2. The lowest BCUT2D eigenvalue weighted by atomic mass is 10.1. The van der Waals surface area contributed by atoms with Gasteiger partial charge < -0.3 is 9.84 Å². The van der Waals surface area contributed by atoms with Gasteiger partial charge in [0, 0.05) is 6.42 Å². The molecule has 0 bridgehead atoms. The van der Waals surface area contributed by atoms with Crippen LogP contribution in [0.25, 0.3) is 0 Å². The number of hydrogen-bond donors (Lipinski definition) is 1. The van der Waals surface area contributed by atoms with Gasteiger partial charge in [0.1, 0.15) is 0 Å². The number of aliphatic hydroxyl groups excluding tert-OH is 1. The summed E-state index contributed by atoms with van der Waals surface area (Å²) in [5, 5.41) is 8.93. The van der Waals surface area contributed by atoms with Crippen molar-refractivity contribution in [3.8, 4) is 0 Å². The Morgan fingerprint density at radius 3 is 1.59 bits per heavy atom. The minimum absolute atomic E-state index is 0.286. The van der Waals surface area contributed by atoms with Crippen molar-refractivity contribution in [1.29, 1.82) is 0 Å². The predicted octanol–water partition coefficient (Wildman–Crippen LogP) is 7.47. The van der Waals surface area contributed by atoms with Crippen LogP contribution in [0, 0.1) is 0 Å². The number of hydrogen-bond acceptors (Lipinski definition) is 3. The molecule has 0 amide bonds. The molecule has 3 nitrogen and oxygen atoms in total. The zero-order valence-electron chi connectivity index (χ0n) is 18.2. The molecule has 0 rings (SSSR count). The van der Waals surface area contributed by atoms with Crippen molar-refractivity contribution < 1.29 is 14.6 Å². The van der Waals surface area contributed by atoms with E-state index in [1.165, 1.54) is 103 Å². The number of ether oxygens (including phenoxy) is 1. The molecular formula is C24H46O3. The third-order valence-electron chi connectivity index (χ3n) is 4.94. The van der Waals surface area contributed by atoms with Crippen LogP contribution in [0.5, 0.6) is 0 Å². The van der Waals surface area contributed by atoms with Gasteiger partial charge in [0.2, 0.25) is 0 Å². The highest BCUT2D eigenvalue weighted by Gasteiger charge is 2.05. The predicted molar refractivity (Wildman–Crippen MR) is 116 cm³/mol. The molecule has 0 fully saturated rings. The second-order valence-corrected chi connectivity index (χ2v) is 7.84. The van der Waals surface area contributed by atoms with E-state index in [4.69, 9.17) is 9.84 Å². The number of allylic oxidation sites excluding steroid dienone is 2. The van der Waals surface area contributed by atoms with Crippen LogP contribution in [0.1, 0.15) is 129 Å². The molecule has 0 radical (unpaired) electrons. The Labute approximate surface area is 169 Å². The summed E-state index contributed by atoms with van der Waals surface area (Å²) < 4.78 is 4.70. The smallest absolute Gasteiger partial charge is 0.308 e. The zero-order valence-corrected chi connectivity index (χ0v) is 18.2. The van der Waals surface area contributed by atoms with Gasteiger partial charge in [-0.3, -0.25) is 4.79 Å². The largest absolute Gasteiger partial charge is 0.436 e. The molecule has 0 aromatic heterocycles. The topological polar surface area (TPSA) is 46.5 Å². The average molecular weight is 383 g/mol. The van der Waals surface area contributed by atoms with Gasteiger partial charge in [0.15, 0.2) is 6.29 Å². The molecule has 1 atom stereocenters. The summed E-state index contributed by atoms with van der Waals surface area (Å²) in [6, 6.07) is 0. The Morgan fingerprint density at radius 1 is 0.741 bits per heavy atom. The van der Waals surface area contributed by atoms with Gasteiger partial charge >= 0.3 is 5.97 Å². The van der Waals surface area contributed by atoms with E-state index in [9.17, 15) is 4.79 Å². The standard InChI is InChI=1S/C24H46O3/c1-3-4-5-6-7-8-9-10-11-12-13-14-15-16-17-18-19-20-21-22-24(26)27-23(2)25/h10-11,23,25H,3-9,12-22H2,1-2H3/b11-10-. The molecule has 0 spiro atoms. The van der Waals surface area contributed by atoms with E-state index >= 15 is 0 Å². The van der Waals surface area contributed by atoms with Crippen molar-refractivity contribution >= 4 is 5.97 Å². The van der Waals surface area contributed by atoms with Gasteiger partial charge in [0.25, 0.3) is 0 Å². The lowest BCUT2D eigenvalue weighted by Crippen LogP contribution is -2.13. The SMILES string of the molecule is CCCCCCCC/C=C\CCCCCCCCCCCC(=O)OC(C)O. The number of unbranched alkanes of at least 4 members (excludes halogenated alkanes) is 15. The number of rotatable bonds is 20. The lowest BCUT2D eigenvalue weighted by molar-refractivity contribution is -0.164. The molecule has 1 N–H and O–H groups in total. The average Bonchev–Trinajstić information content (AvgIpc) is 2.63. The summed E-state index contributed by atoms with van der Waals surface area (Å²) in [6.45, 7) is 3.73. The molecule has 27 heavy (non-hydrogen) atoms. The van der Waals surface area contributed by atoms with Crippen LogP contribution >= 0.6 is 0 Å². The van der Waals surface area contributed by atoms with Gasteiger partial charge in [-0.2, -0.15) is 0 Å². The van der Waals surface area contributed by atoms with Crippen molar-refractivity contribution in [3.63, 3.8) is 0 Å². The fourth-order valence-electron chi connectivity index (χ4n) is 3.30. The third kappa shape index (κ3) is 23.1. The summed E-state index contributed by atoms with van der Waals surface area (Å²) >= 11 is 0. The van der Waals surface area contributed by atoms with Crippen LogP contribution < -0.4 is 0 Å². The molecule has 1 unspecified atom stereocenters. The minimum Gasteiger partial charge on any atom is -0.436 e. The first-order valence-electron chi connectivity index (χ1n) is 11.7. The number of aliphatic hydroxyl groups is 1. The van der Waals surface area contributed by atoms with E-state index in [1.54, 1.807) is 0 Å². The zero-order chi connectivity index (χ0) is 20.0. The molecule has 0 saturated heterocycles. The van der Waals surface area contributed by atoms with Gasteiger partial charge in [-0.05, 0) is 39.0 Å². The maximum absolute atomic E-state index is 11.2. The van der Waals surface area contributed by atoms with Crippen LogP contribution in [0.3, 0.4) is 0 Å². The van der Waals surface area contributed by atoms with Crippen molar-refractivity contribution in [3.05, 3.63) is 12.2 Å². The Hall–Kier alpha value is -0.830. The van der Waals surface area contributed by atoms with Crippen molar-refractivity contribution in [2.24, 2.45) is 0 Å². The summed E-state index contributed by atoms with van der Waals surface area (Å²) in [7, 11) is 0. The fourth-order valence-corrected chi connectivity index (χ4v) is 3.30. The highest BCUT2D eigenvalue weighted by atomic mass is 16.6. The van der Waals surface area contributed by atoms with Crippen LogP contribution in [0.4, 0.5) is 0 Å². The van der Waals surface area contributed by atoms with Crippen LogP contribution in [0.2, 0.25) is 0 Å². The van der Waals surface area contributed by atoms with Crippen LogP contribution in [-0.4, -0.2) is 17.4 Å². The van der Waals surface area contributed by atoms with Crippen molar-refractivity contribution in [2.45, 2.75) is 136 Å². The van der Waals surface area contributed by atoms with E-state index < -0.39 is 6.29 Å². The second kappa shape index (κ2) is 21.5. The van der Waals surface area contributed by atoms with Crippen molar-refractivity contribution in [1.82, 2.24) is 0 Å². The first kappa shape index (κ1) is 26.2. The highest BCUT2D eigenvalue weighted by molar-refractivity contribution is 5.69. The summed E-state index contributed by atoms with van der Waals surface area (Å²) in [6.07, 6.45) is 26.2. The maximum atomic E-state index is 11.2. The number of carbonyl (C=O) groups is 1. The van der Waals surface area contributed by atoms with E-state index in [0.29, 0.717) is 6.42 Å². The van der Waals surface area contributed by atoms with E-state index in [-0.39, 0.29) is 5.97 Å². The minimum atomic E-state index is -0.978. The molecule has 0 aliphatic carbocycles. The number of esters is 1. The molecular weight excluding hydrogens is 336 g/mol. The van der Waals surface area contributed by atoms with E-state index in [2.05, 4.69) is 19.1 Å².